The fourth-order valence-electron chi connectivity index (χ4n) is 1.71. The summed E-state index contributed by atoms with van der Waals surface area (Å²) in [5, 5.41) is 30.1. The largest absolute Gasteiger partial charge is 0.595 e. The number of phenols is 1. The van der Waals surface area contributed by atoms with Gasteiger partial charge in [0.25, 0.3) is 0 Å². The maximum absolute atomic E-state index is 10.9. The van der Waals surface area contributed by atoms with Crippen molar-refractivity contribution in [2.45, 2.75) is 6.92 Å². The van der Waals surface area contributed by atoms with E-state index in [-0.39, 0.29) is 11.4 Å². The van der Waals surface area contributed by atoms with Crippen LogP contribution in [0.2, 0.25) is 0 Å². The Morgan fingerprint density at radius 1 is 1.31 bits per heavy atom. The number of aromatic hydroxyl groups is 1. The van der Waals surface area contributed by atoms with Gasteiger partial charge in [0.05, 0.1) is 0 Å². The van der Waals surface area contributed by atoms with E-state index in [0.717, 1.165) is 15.2 Å². The highest BCUT2D eigenvalue weighted by atomic mass is 79.9. The van der Waals surface area contributed by atoms with E-state index in [1.165, 1.54) is 6.07 Å². The SMILES string of the molecule is Cc1c(O)c([NH+]([O-])O)cc2cc(Br)ccc12. The summed E-state index contributed by atoms with van der Waals surface area (Å²) in [5.41, 5.74) is 0.519. The normalized spacial score (nSPS) is 13.0. The summed E-state index contributed by atoms with van der Waals surface area (Å²) in [4.78, 5) is 0. The first-order valence-corrected chi connectivity index (χ1v) is 5.45. The quantitative estimate of drug-likeness (QED) is 0.554. The van der Waals surface area contributed by atoms with Crippen LogP contribution in [-0.2, 0) is 0 Å². The second-order valence-electron chi connectivity index (χ2n) is 3.57. The minimum Gasteiger partial charge on any atom is -0.595 e. The molecule has 0 aliphatic rings. The van der Waals surface area contributed by atoms with Gasteiger partial charge in [0.1, 0.15) is 0 Å². The predicted octanol–water partition coefficient (Wildman–Crippen LogP) is 2.02. The molecule has 2 aromatic rings. The number of hydrogen-bond donors (Lipinski definition) is 3. The average molecular weight is 284 g/mol. The molecule has 0 spiro atoms. The average Bonchev–Trinajstić information content (AvgIpc) is 2.22. The van der Waals surface area contributed by atoms with Crippen LogP contribution in [-0.4, -0.2) is 10.3 Å². The Balaban J connectivity index is 2.83. The monoisotopic (exact) mass is 283 g/mol. The maximum Gasteiger partial charge on any atom is 0.206 e. The van der Waals surface area contributed by atoms with Crippen LogP contribution in [0.15, 0.2) is 28.7 Å². The summed E-state index contributed by atoms with van der Waals surface area (Å²) in [7, 11) is 0. The van der Waals surface area contributed by atoms with E-state index < -0.39 is 5.23 Å². The Hall–Kier alpha value is -1.14. The molecule has 4 nitrogen and oxygen atoms in total. The molecule has 0 aromatic heterocycles. The highest BCUT2D eigenvalue weighted by Crippen LogP contribution is 2.33. The molecule has 0 amide bonds. The molecule has 0 bridgehead atoms. The molecule has 0 saturated carbocycles. The molecule has 0 aliphatic carbocycles. The third-order valence-corrected chi connectivity index (χ3v) is 3.05. The molecule has 84 valence electrons. The molecular weight excluding hydrogens is 274 g/mol. The van der Waals surface area contributed by atoms with Crippen molar-refractivity contribution in [3.05, 3.63) is 39.5 Å². The fourth-order valence-corrected chi connectivity index (χ4v) is 2.09. The fraction of sp³-hybridized carbons (Fsp3) is 0.0909. The lowest BCUT2D eigenvalue weighted by molar-refractivity contribution is -0.991. The Morgan fingerprint density at radius 2 is 2.00 bits per heavy atom. The van der Waals surface area contributed by atoms with Crippen molar-refractivity contribution < 1.29 is 15.5 Å². The van der Waals surface area contributed by atoms with Gasteiger partial charge in [-0.25, -0.2) is 5.21 Å². The van der Waals surface area contributed by atoms with Gasteiger partial charge in [-0.2, -0.15) is 5.23 Å². The highest BCUT2D eigenvalue weighted by Gasteiger charge is 2.14. The zero-order chi connectivity index (χ0) is 11.9. The third kappa shape index (κ3) is 1.78. The van der Waals surface area contributed by atoms with Crippen molar-refractivity contribution in [3.63, 3.8) is 0 Å². The van der Waals surface area contributed by atoms with Gasteiger partial charge in [0.2, 0.25) is 5.69 Å². The van der Waals surface area contributed by atoms with E-state index in [0.29, 0.717) is 5.56 Å². The van der Waals surface area contributed by atoms with Gasteiger partial charge < -0.3 is 10.3 Å². The molecule has 0 heterocycles. The molecule has 0 aliphatic heterocycles. The smallest absolute Gasteiger partial charge is 0.206 e. The van der Waals surface area contributed by atoms with Crippen molar-refractivity contribution in [1.82, 2.24) is 0 Å². The first-order valence-electron chi connectivity index (χ1n) is 4.66. The molecule has 2 rings (SSSR count). The molecule has 0 fully saturated rings. The van der Waals surface area contributed by atoms with Gasteiger partial charge in [-0.3, -0.25) is 0 Å². The van der Waals surface area contributed by atoms with E-state index in [1.807, 2.05) is 18.2 Å². The zero-order valence-electron chi connectivity index (χ0n) is 8.49. The standard InChI is InChI=1S/C11H10BrNO3/c1-6-9-3-2-8(12)4-7(9)5-10(11(6)14)13(15)16/h2-5,13-15H,1H3. The van der Waals surface area contributed by atoms with Gasteiger partial charge >= 0.3 is 0 Å². The van der Waals surface area contributed by atoms with Gasteiger partial charge in [0.15, 0.2) is 5.75 Å². The van der Waals surface area contributed by atoms with E-state index in [9.17, 15) is 10.3 Å². The summed E-state index contributed by atoms with van der Waals surface area (Å²) < 4.78 is 0.876. The molecule has 0 saturated heterocycles. The van der Waals surface area contributed by atoms with E-state index >= 15 is 0 Å². The molecule has 5 heteroatoms. The number of phenolic OH excluding ortho intramolecular Hbond substituents is 1. The molecule has 1 atom stereocenters. The summed E-state index contributed by atoms with van der Waals surface area (Å²) in [5.74, 6) is -0.165. The lowest BCUT2D eigenvalue weighted by Gasteiger charge is -2.15. The molecule has 3 N–H and O–H groups in total. The van der Waals surface area contributed by atoms with Gasteiger partial charge in [0, 0.05) is 16.1 Å². The summed E-state index contributed by atoms with van der Waals surface area (Å²) in [6.45, 7) is 1.71. The van der Waals surface area contributed by atoms with E-state index in [4.69, 9.17) is 5.21 Å². The minimum atomic E-state index is -1.12. The molecule has 2 aromatic carbocycles. The number of benzene rings is 2. The van der Waals surface area contributed by atoms with E-state index in [1.54, 1.807) is 6.92 Å². The second-order valence-corrected chi connectivity index (χ2v) is 4.48. The number of halogens is 1. The van der Waals surface area contributed by atoms with Crippen LogP contribution >= 0.6 is 15.9 Å². The van der Waals surface area contributed by atoms with Crippen LogP contribution in [0.5, 0.6) is 5.75 Å². The molecule has 0 radical (unpaired) electrons. The van der Waals surface area contributed by atoms with Gasteiger partial charge in [-0.1, -0.05) is 22.0 Å². The van der Waals surface area contributed by atoms with Crippen molar-refractivity contribution >= 4 is 32.4 Å². The number of quaternary nitrogens is 1. The Labute approximate surface area is 100 Å². The molecule has 1 unspecified atom stereocenters. The number of nitrogens with one attached hydrogen (secondary N) is 1. The highest BCUT2D eigenvalue weighted by molar-refractivity contribution is 9.10. The van der Waals surface area contributed by atoms with Crippen LogP contribution in [0.1, 0.15) is 5.56 Å². The maximum atomic E-state index is 10.9. The Morgan fingerprint density at radius 3 is 2.62 bits per heavy atom. The first kappa shape index (κ1) is 11.3. The molecular formula is C11H10BrNO3. The topological polar surface area (TPSA) is 68.0 Å². The number of fused-ring (bicyclic) bond motifs is 1. The van der Waals surface area contributed by atoms with Crippen LogP contribution < -0.4 is 5.23 Å². The second kappa shape index (κ2) is 4.03. The van der Waals surface area contributed by atoms with Crippen molar-refractivity contribution in [2.75, 3.05) is 0 Å². The van der Waals surface area contributed by atoms with Crippen LogP contribution in [0, 0.1) is 12.1 Å². The van der Waals surface area contributed by atoms with Crippen LogP contribution in [0.25, 0.3) is 10.8 Å². The number of aryl methyl sites for hydroxylation is 1. The third-order valence-electron chi connectivity index (χ3n) is 2.56. The summed E-state index contributed by atoms with van der Waals surface area (Å²) in [6.07, 6.45) is 0. The first-order chi connectivity index (χ1) is 7.50. The van der Waals surface area contributed by atoms with Crippen molar-refractivity contribution in [3.8, 4) is 5.75 Å². The number of hydrogen-bond acceptors (Lipinski definition) is 3. The van der Waals surface area contributed by atoms with E-state index in [2.05, 4.69) is 15.9 Å². The summed E-state index contributed by atoms with van der Waals surface area (Å²) >= 11 is 3.33. The predicted molar refractivity (Wildman–Crippen MR) is 63.8 cm³/mol. The van der Waals surface area contributed by atoms with Crippen molar-refractivity contribution in [2.24, 2.45) is 0 Å². The van der Waals surface area contributed by atoms with Crippen molar-refractivity contribution in [1.29, 1.82) is 0 Å². The Kier molecular flexibility index (Phi) is 2.86. The molecule has 16 heavy (non-hydrogen) atoms. The zero-order valence-corrected chi connectivity index (χ0v) is 10.1. The minimum absolute atomic E-state index is 0.0666. The number of rotatable bonds is 1. The lowest BCUT2D eigenvalue weighted by atomic mass is 10.0. The van der Waals surface area contributed by atoms with Gasteiger partial charge in [-0.05, 0) is 29.8 Å². The van der Waals surface area contributed by atoms with Gasteiger partial charge in [-0.15, -0.1) is 0 Å². The van der Waals surface area contributed by atoms with Crippen LogP contribution in [0.4, 0.5) is 5.69 Å². The lowest BCUT2D eigenvalue weighted by Crippen LogP contribution is -2.99. The van der Waals surface area contributed by atoms with Crippen LogP contribution in [0.3, 0.4) is 0 Å². The Bertz CT molecular complexity index is 554. The summed E-state index contributed by atoms with van der Waals surface area (Å²) in [6, 6.07) is 7.01.